The normalized spacial score (nSPS) is 13.2. The lowest BCUT2D eigenvalue weighted by molar-refractivity contribution is -0.00995. The van der Waals surface area contributed by atoms with Gasteiger partial charge in [0.15, 0.2) is 0 Å². The third-order valence-electron chi connectivity index (χ3n) is 2.15. The highest BCUT2D eigenvalue weighted by Gasteiger charge is 2.09. The van der Waals surface area contributed by atoms with E-state index in [-0.39, 0.29) is 6.10 Å². The minimum absolute atomic E-state index is 0.120. The fourth-order valence-electron chi connectivity index (χ4n) is 1.31. The molecule has 1 atom stereocenters. The minimum Gasteiger partial charge on any atom is -0.382 e. The third-order valence-corrected chi connectivity index (χ3v) is 3.00. The number of methoxy groups -OCH3 is 1. The van der Waals surface area contributed by atoms with Crippen molar-refractivity contribution in [3.05, 3.63) is 22.4 Å². The summed E-state index contributed by atoms with van der Waals surface area (Å²) in [5.41, 5.74) is 0. The Morgan fingerprint density at radius 1 is 1.44 bits per heavy atom. The summed E-state index contributed by atoms with van der Waals surface area (Å²) in [7, 11) is 1.71. The van der Waals surface area contributed by atoms with Crippen molar-refractivity contribution in [1.29, 1.82) is 0 Å². The standard InChI is InChI=1S/C12H21NO2S/c1-10(2)13-7-11(8-14-3)15-9-12-5-4-6-16-12/h4-6,10-11,13H,7-9H2,1-3H3. The maximum absolute atomic E-state index is 5.80. The minimum atomic E-state index is 0.120. The third kappa shape index (κ3) is 5.61. The predicted octanol–water partition coefficient (Wildman–Crippen LogP) is 2.28. The van der Waals surface area contributed by atoms with Gasteiger partial charge >= 0.3 is 0 Å². The molecule has 3 nitrogen and oxygen atoms in total. The number of ether oxygens (including phenoxy) is 2. The zero-order chi connectivity index (χ0) is 11.8. The van der Waals surface area contributed by atoms with Crippen molar-refractivity contribution in [2.75, 3.05) is 20.3 Å². The van der Waals surface area contributed by atoms with Gasteiger partial charge in [0.05, 0.1) is 19.3 Å². The van der Waals surface area contributed by atoms with Crippen LogP contribution in [0, 0.1) is 0 Å². The van der Waals surface area contributed by atoms with Gasteiger partial charge in [-0.05, 0) is 11.4 Å². The first-order valence-corrected chi connectivity index (χ1v) is 6.46. The van der Waals surface area contributed by atoms with E-state index in [0.717, 1.165) is 6.54 Å². The first-order valence-electron chi connectivity index (χ1n) is 5.58. The van der Waals surface area contributed by atoms with Crippen LogP contribution in [0.1, 0.15) is 18.7 Å². The van der Waals surface area contributed by atoms with Crippen molar-refractivity contribution in [2.45, 2.75) is 32.6 Å². The van der Waals surface area contributed by atoms with Gasteiger partial charge in [0.2, 0.25) is 0 Å². The van der Waals surface area contributed by atoms with E-state index in [2.05, 4.69) is 30.6 Å². The maximum atomic E-state index is 5.80. The number of hydrogen-bond acceptors (Lipinski definition) is 4. The molecule has 1 N–H and O–H groups in total. The van der Waals surface area contributed by atoms with Gasteiger partial charge in [0.25, 0.3) is 0 Å². The Labute approximate surface area is 102 Å². The molecule has 0 aliphatic rings. The summed E-state index contributed by atoms with van der Waals surface area (Å²) in [6.45, 7) is 6.39. The van der Waals surface area contributed by atoms with E-state index in [0.29, 0.717) is 19.3 Å². The van der Waals surface area contributed by atoms with E-state index in [4.69, 9.17) is 9.47 Å². The van der Waals surface area contributed by atoms with E-state index in [1.165, 1.54) is 4.88 Å². The van der Waals surface area contributed by atoms with Crippen molar-refractivity contribution >= 4 is 11.3 Å². The molecule has 1 rings (SSSR count). The molecule has 0 fully saturated rings. The van der Waals surface area contributed by atoms with Crippen molar-refractivity contribution in [3.8, 4) is 0 Å². The van der Waals surface area contributed by atoms with Crippen LogP contribution in [0.4, 0.5) is 0 Å². The molecule has 1 heterocycles. The van der Waals surface area contributed by atoms with Gasteiger partial charge in [-0.3, -0.25) is 0 Å². The van der Waals surface area contributed by atoms with E-state index in [1.54, 1.807) is 18.4 Å². The zero-order valence-electron chi connectivity index (χ0n) is 10.2. The van der Waals surface area contributed by atoms with Crippen molar-refractivity contribution in [3.63, 3.8) is 0 Å². The second kappa shape index (κ2) is 7.79. The van der Waals surface area contributed by atoms with Gasteiger partial charge in [-0.25, -0.2) is 0 Å². The molecule has 4 heteroatoms. The molecule has 0 saturated carbocycles. The molecule has 1 aromatic heterocycles. The Kier molecular flexibility index (Phi) is 6.64. The zero-order valence-corrected chi connectivity index (χ0v) is 11.0. The lowest BCUT2D eigenvalue weighted by Crippen LogP contribution is -2.36. The second-order valence-electron chi connectivity index (χ2n) is 4.03. The maximum Gasteiger partial charge on any atom is 0.0937 e. The van der Waals surface area contributed by atoms with Crippen LogP contribution < -0.4 is 5.32 Å². The molecule has 16 heavy (non-hydrogen) atoms. The summed E-state index contributed by atoms with van der Waals surface area (Å²) in [5, 5.41) is 5.42. The van der Waals surface area contributed by atoms with Crippen molar-refractivity contribution in [1.82, 2.24) is 5.32 Å². The largest absolute Gasteiger partial charge is 0.382 e. The molecule has 0 saturated heterocycles. The number of rotatable bonds is 8. The molecule has 0 spiro atoms. The molecule has 1 unspecified atom stereocenters. The van der Waals surface area contributed by atoms with Crippen LogP contribution in [0.15, 0.2) is 17.5 Å². The molecule has 0 amide bonds. The number of hydrogen-bond donors (Lipinski definition) is 1. The van der Waals surface area contributed by atoms with E-state index >= 15 is 0 Å². The molecule has 0 radical (unpaired) electrons. The van der Waals surface area contributed by atoms with Gasteiger partial charge < -0.3 is 14.8 Å². The predicted molar refractivity (Wildman–Crippen MR) is 67.9 cm³/mol. The van der Waals surface area contributed by atoms with Crippen LogP contribution >= 0.6 is 11.3 Å². The summed E-state index contributed by atoms with van der Waals surface area (Å²) in [4.78, 5) is 1.26. The molecular weight excluding hydrogens is 222 g/mol. The topological polar surface area (TPSA) is 30.5 Å². The summed E-state index contributed by atoms with van der Waals surface area (Å²) >= 11 is 1.72. The van der Waals surface area contributed by atoms with Crippen LogP contribution in [-0.4, -0.2) is 32.4 Å². The average Bonchev–Trinajstić information content (AvgIpc) is 2.75. The van der Waals surface area contributed by atoms with Gasteiger partial charge in [-0.1, -0.05) is 19.9 Å². The highest BCUT2D eigenvalue weighted by Crippen LogP contribution is 2.10. The SMILES string of the molecule is COCC(CNC(C)C)OCc1cccs1. The van der Waals surface area contributed by atoms with Crippen LogP contribution in [-0.2, 0) is 16.1 Å². The fraction of sp³-hybridized carbons (Fsp3) is 0.667. The van der Waals surface area contributed by atoms with Crippen molar-refractivity contribution < 1.29 is 9.47 Å². The summed E-state index contributed by atoms with van der Waals surface area (Å²) in [6, 6.07) is 4.61. The Hall–Kier alpha value is -0.420. The second-order valence-corrected chi connectivity index (χ2v) is 5.06. The Morgan fingerprint density at radius 3 is 2.81 bits per heavy atom. The van der Waals surface area contributed by atoms with Crippen LogP contribution in [0.3, 0.4) is 0 Å². The fourth-order valence-corrected chi connectivity index (χ4v) is 1.94. The van der Waals surface area contributed by atoms with E-state index < -0.39 is 0 Å². The highest BCUT2D eigenvalue weighted by molar-refractivity contribution is 7.09. The molecule has 0 aromatic carbocycles. The molecule has 0 bridgehead atoms. The van der Waals surface area contributed by atoms with Gasteiger partial charge in [-0.2, -0.15) is 0 Å². The molecule has 92 valence electrons. The average molecular weight is 243 g/mol. The highest BCUT2D eigenvalue weighted by atomic mass is 32.1. The molecule has 1 aromatic rings. The van der Waals surface area contributed by atoms with Crippen LogP contribution in [0.2, 0.25) is 0 Å². The Balaban J connectivity index is 2.27. The molecular formula is C12H21NO2S. The Bertz CT molecular complexity index is 262. The first kappa shape index (κ1) is 13.6. The van der Waals surface area contributed by atoms with Crippen molar-refractivity contribution in [2.24, 2.45) is 0 Å². The Morgan fingerprint density at radius 2 is 2.25 bits per heavy atom. The van der Waals surface area contributed by atoms with Gasteiger partial charge in [0.1, 0.15) is 0 Å². The quantitative estimate of drug-likeness (QED) is 0.760. The lowest BCUT2D eigenvalue weighted by Gasteiger charge is -2.18. The summed E-state index contributed by atoms with van der Waals surface area (Å²) < 4.78 is 10.9. The summed E-state index contributed by atoms with van der Waals surface area (Å²) in [6.07, 6.45) is 0.120. The number of nitrogens with one attached hydrogen (secondary N) is 1. The summed E-state index contributed by atoms with van der Waals surface area (Å²) in [5.74, 6) is 0. The molecule has 0 aliphatic heterocycles. The number of thiophene rings is 1. The lowest BCUT2D eigenvalue weighted by atomic mass is 10.3. The van der Waals surface area contributed by atoms with E-state index in [1.807, 2.05) is 6.07 Å². The smallest absolute Gasteiger partial charge is 0.0937 e. The van der Waals surface area contributed by atoms with Crippen LogP contribution in [0.5, 0.6) is 0 Å². The van der Waals surface area contributed by atoms with E-state index in [9.17, 15) is 0 Å². The van der Waals surface area contributed by atoms with Gasteiger partial charge in [-0.15, -0.1) is 11.3 Å². The van der Waals surface area contributed by atoms with Crippen LogP contribution in [0.25, 0.3) is 0 Å². The van der Waals surface area contributed by atoms with Gasteiger partial charge in [0, 0.05) is 24.6 Å². The molecule has 0 aliphatic carbocycles. The monoisotopic (exact) mass is 243 g/mol. The first-order chi connectivity index (χ1) is 7.72.